The molecular weight excluding hydrogens is 340 g/mol. The minimum absolute atomic E-state index is 0.0800. The zero-order valence-corrected chi connectivity index (χ0v) is 14.6. The van der Waals surface area contributed by atoms with Gasteiger partial charge in [-0.2, -0.15) is 0 Å². The van der Waals surface area contributed by atoms with Gasteiger partial charge < -0.3 is 9.73 Å². The number of benzene rings is 3. The van der Waals surface area contributed by atoms with Crippen molar-refractivity contribution >= 4 is 22.8 Å². The molecule has 2 N–H and O–H groups in total. The number of carbonyl (C=O) groups is 1. The van der Waals surface area contributed by atoms with Crippen LogP contribution in [0.2, 0.25) is 0 Å². The summed E-state index contributed by atoms with van der Waals surface area (Å²) in [5.41, 5.74) is 2.10. The monoisotopic (exact) mass is 358 g/mol. The van der Waals surface area contributed by atoms with Gasteiger partial charge >= 0.3 is 12.0 Å². The summed E-state index contributed by atoms with van der Waals surface area (Å²) in [7, 11) is 0. The summed E-state index contributed by atoms with van der Waals surface area (Å²) in [6, 6.07) is 23.6. The Balaban J connectivity index is 1.36. The largest absolute Gasteiger partial charge is 0.407 e. The number of fused-ring (bicyclic) bond motifs is 1. The second-order valence-electron chi connectivity index (χ2n) is 6.11. The number of rotatable bonds is 5. The van der Waals surface area contributed by atoms with E-state index in [-0.39, 0.29) is 6.01 Å². The van der Waals surface area contributed by atoms with Crippen LogP contribution in [-0.4, -0.2) is 16.2 Å². The molecule has 0 aliphatic carbocycles. The zero-order valence-electron chi connectivity index (χ0n) is 14.6. The maximum Gasteiger partial charge on any atom is 0.323 e. The summed E-state index contributed by atoms with van der Waals surface area (Å²) in [6.07, 6.45) is 0.521. The second kappa shape index (κ2) is 7.70. The quantitative estimate of drug-likeness (QED) is 0.562. The lowest BCUT2D eigenvalue weighted by Crippen LogP contribution is -2.28. The molecule has 6 heteroatoms. The van der Waals surface area contributed by atoms with Crippen LogP contribution in [0, 0.1) is 0 Å². The highest BCUT2D eigenvalue weighted by atomic mass is 16.4. The van der Waals surface area contributed by atoms with Crippen LogP contribution >= 0.6 is 0 Å². The molecule has 4 aromatic rings. The van der Waals surface area contributed by atoms with Crippen molar-refractivity contribution in [2.24, 2.45) is 0 Å². The van der Waals surface area contributed by atoms with Gasteiger partial charge in [0.25, 0.3) is 0 Å². The molecule has 0 radical (unpaired) electrons. The van der Waals surface area contributed by atoms with Gasteiger partial charge in [0.05, 0.1) is 6.42 Å². The third kappa shape index (κ3) is 4.12. The molecule has 0 saturated carbocycles. The van der Waals surface area contributed by atoms with E-state index in [2.05, 4.69) is 20.8 Å². The molecule has 1 aromatic heterocycles. The highest BCUT2D eigenvalue weighted by Gasteiger charge is 2.10. The third-order valence-corrected chi connectivity index (χ3v) is 4.20. The van der Waals surface area contributed by atoms with E-state index in [0.717, 1.165) is 21.9 Å². The predicted molar refractivity (Wildman–Crippen MR) is 103 cm³/mol. The smallest absolute Gasteiger partial charge is 0.323 e. The van der Waals surface area contributed by atoms with Crippen molar-refractivity contribution in [1.82, 2.24) is 15.5 Å². The molecule has 0 bridgehead atoms. The molecule has 0 spiro atoms. The molecule has 0 aliphatic heterocycles. The Labute approximate surface area is 156 Å². The van der Waals surface area contributed by atoms with Crippen molar-refractivity contribution in [2.75, 3.05) is 5.32 Å². The number of hydrogen-bond donors (Lipinski definition) is 2. The molecule has 2 amide bonds. The molecule has 134 valence electrons. The average molecular weight is 358 g/mol. The van der Waals surface area contributed by atoms with Gasteiger partial charge in [-0.1, -0.05) is 77.9 Å². The first-order valence-corrected chi connectivity index (χ1v) is 8.66. The summed E-state index contributed by atoms with van der Waals surface area (Å²) in [6.45, 7) is 0.401. The Morgan fingerprint density at radius 1 is 0.889 bits per heavy atom. The van der Waals surface area contributed by atoms with Crippen LogP contribution in [-0.2, 0) is 13.0 Å². The van der Waals surface area contributed by atoms with Gasteiger partial charge in [-0.3, -0.25) is 5.32 Å². The molecule has 0 aliphatic rings. The van der Waals surface area contributed by atoms with Crippen molar-refractivity contribution in [3.05, 3.63) is 89.8 Å². The Hall–Kier alpha value is -3.67. The number of nitrogens with zero attached hydrogens (tertiary/aromatic N) is 2. The molecule has 27 heavy (non-hydrogen) atoms. The normalized spacial score (nSPS) is 10.7. The molecule has 0 saturated heterocycles. The Morgan fingerprint density at radius 2 is 1.67 bits per heavy atom. The number of anilines is 1. The lowest BCUT2D eigenvalue weighted by Gasteiger charge is -2.08. The number of carbonyl (C=O) groups excluding carboxylic acids is 1. The molecule has 4 rings (SSSR count). The van der Waals surface area contributed by atoms with Crippen molar-refractivity contribution in [3.8, 4) is 0 Å². The Morgan fingerprint density at radius 3 is 2.56 bits per heavy atom. The lowest BCUT2D eigenvalue weighted by atomic mass is 10.0. The highest BCUT2D eigenvalue weighted by Crippen LogP contribution is 2.18. The third-order valence-electron chi connectivity index (χ3n) is 4.20. The van der Waals surface area contributed by atoms with Gasteiger partial charge in [0.2, 0.25) is 5.89 Å². The minimum atomic E-state index is -0.391. The number of aromatic nitrogens is 2. The zero-order chi connectivity index (χ0) is 18.5. The molecule has 0 unspecified atom stereocenters. The summed E-state index contributed by atoms with van der Waals surface area (Å²) >= 11 is 0. The van der Waals surface area contributed by atoms with Crippen molar-refractivity contribution in [1.29, 1.82) is 0 Å². The van der Waals surface area contributed by atoms with Gasteiger partial charge in [-0.05, 0) is 21.9 Å². The average Bonchev–Trinajstić information content (AvgIpc) is 3.13. The topological polar surface area (TPSA) is 80.0 Å². The van der Waals surface area contributed by atoms with E-state index in [0.29, 0.717) is 18.9 Å². The van der Waals surface area contributed by atoms with Crippen LogP contribution < -0.4 is 10.6 Å². The first kappa shape index (κ1) is 16.8. The summed E-state index contributed by atoms with van der Waals surface area (Å²) in [5, 5.41) is 15.5. The van der Waals surface area contributed by atoms with Crippen LogP contribution in [0.5, 0.6) is 0 Å². The van der Waals surface area contributed by atoms with E-state index >= 15 is 0 Å². The van der Waals surface area contributed by atoms with Gasteiger partial charge in [-0.15, -0.1) is 5.10 Å². The SMILES string of the molecule is O=C(NCc1cccc2ccccc12)Nc1nnc(Cc2ccccc2)o1. The second-order valence-corrected chi connectivity index (χ2v) is 6.11. The van der Waals surface area contributed by atoms with Gasteiger partial charge in [0, 0.05) is 6.54 Å². The van der Waals surface area contributed by atoms with E-state index in [4.69, 9.17) is 4.42 Å². The van der Waals surface area contributed by atoms with Gasteiger partial charge in [0.15, 0.2) is 0 Å². The van der Waals surface area contributed by atoms with E-state index in [1.165, 1.54) is 0 Å². The van der Waals surface area contributed by atoms with E-state index in [1.54, 1.807) is 0 Å². The number of nitrogens with one attached hydrogen (secondary N) is 2. The van der Waals surface area contributed by atoms with Crippen molar-refractivity contribution in [2.45, 2.75) is 13.0 Å². The summed E-state index contributed by atoms with van der Waals surface area (Å²) in [4.78, 5) is 12.1. The first-order chi connectivity index (χ1) is 13.3. The maximum atomic E-state index is 12.1. The molecule has 1 heterocycles. The first-order valence-electron chi connectivity index (χ1n) is 8.66. The minimum Gasteiger partial charge on any atom is -0.407 e. The number of hydrogen-bond acceptors (Lipinski definition) is 4. The molecular formula is C21H18N4O2. The number of urea groups is 1. The van der Waals surface area contributed by atoms with E-state index in [9.17, 15) is 4.79 Å². The summed E-state index contributed by atoms with van der Waals surface area (Å²) < 4.78 is 5.49. The van der Waals surface area contributed by atoms with E-state index in [1.807, 2.05) is 72.8 Å². The van der Waals surface area contributed by atoms with Crippen LogP contribution in [0.25, 0.3) is 10.8 Å². The van der Waals surface area contributed by atoms with Gasteiger partial charge in [0.1, 0.15) is 0 Å². The van der Waals surface area contributed by atoms with Crippen LogP contribution in [0.1, 0.15) is 17.0 Å². The lowest BCUT2D eigenvalue weighted by molar-refractivity contribution is 0.251. The molecule has 3 aromatic carbocycles. The molecule has 6 nitrogen and oxygen atoms in total. The highest BCUT2D eigenvalue weighted by molar-refractivity contribution is 5.88. The van der Waals surface area contributed by atoms with Crippen LogP contribution in [0.4, 0.5) is 10.8 Å². The molecule has 0 fully saturated rings. The predicted octanol–water partition coefficient (Wildman–Crippen LogP) is 4.14. The fraction of sp³-hybridized carbons (Fsp3) is 0.0952. The Bertz CT molecular complexity index is 1050. The summed E-state index contributed by atoms with van der Waals surface area (Å²) in [5.74, 6) is 0.450. The van der Waals surface area contributed by atoms with Crippen molar-refractivity contribution < 1.29 is 9.21 Å². The van der Waals surface area contributed by atoms with Crippen LogP contribution in [0.15, 0.2) is 77.2 Å². The molecule has 0 atom stereocenters. The van der Waals surface area contributed by atoms with E-state index < -0.39 is 6.03 Å². The van der Waals surface area contributed by atoms with Crippen molar-refractivity contribution in [3.63, 3.8) is 0 Å². The Kier molecular flexibility index (Phi) is 4.78. The standard InChI is InChI=1S/C21H18N4O2/c26-20(22-14-17-11-6-10-16-9-4-5-12-18(16)17)23-21-25-24-19(27-21)13-15-7-2-1-3-8-15/h1-12H,13-14H2,(H2,22,23,25,26). The fourth-order valence-electron chi connectivity index (χ4n) is 2.91. The number of amides is 2. The fourth-order valence-corrected chi connectivity index (χ4v) is 2.91. The maximum absolute atomic E-state index is 12.1. The van der Waals surface area contributed by atoms with Crippen LogP contribution in [0.3, 0.4) is 0 Å². The van der Waals surface area contributed by atoms with Gasteiger partial charge in [-0.25, -0.2) is 4.79 Å².